The molecule has 0 radical (unpaired) electrons. The lowest BCUT2D eigenvalue weighted by atomic mass is 10.1. The third-order valence-electron chi connectivity index (χ3n) is 5.12. The van der Waals surface area contributed by atoms with Crippen molar-refractivity contribution in [1.82, 2.24) is 0 Å². The van der Waals surface area contributed by atoms with Crippen LogP contribution in [0.25, 0.3) is 11.3 Å². The van der Waals surface area contributed by atoms with Crippen LogP contribution in [0.15, 0.2) is 83.3 Å². The van der Waals surface area contributed by atoms with Gasteiger partial charge < -0.3 is 14.7 Å². The number of benzene rings is 3. The fraction of sp³-hybridized carbons (Fsp3) is 0.160. The molecule has 0 unspecified atom stereocenters. The van der Waals surface area contributed by atoms with E-state index in [1.165, 1.54) is 12.1 Å². The Morgan fingerprint density at radius 1 is 0.821 bits per heavy atom. The Balaban J connectivity index is 0.000000293. The van der Waals surface area contributed by atoms with E-state index < -0.39 is 45.6 Å². The average Bonchev–Trinajstić information content (AvgIpc) is 3.16. The van der Waals surface area contributed by atoms with Gasteiger partial charge >= 0.3 is 18.2 Å². The number of hydrogen-bond donors (Lipinski definition) is 1. The summed E-state index contributed by atoms with van der Waals surface area (Å²) < 4.78 is 115. The molecule has 14 heteroatoms. The van der Waals surface area contributed by atoms with E-state index in [0.717, 1.165) is 28.8 Å². The average molecular weight is 593 g/mol. The number of nitrogens with zero attached hydrogens (tertiary/aromatic N) is 1. The van der Waals surface area contributed by atoms with E-state index in [0.29, 0.717) is 16.1 Å². The van der Waals surface area contributed by atoms with Crippen LogP contribution in [0, 0.1) is 0 Å². The molecule has 0 fully saturated rings. The summed E-state index contributed by atoms with van der Waals surface area (Å²) in [6.07, 6.45) is -9.38. The summed E-state index contributed by atoms with van der Waals surface area (Å²) >= 11 is 5.56. The molecule has 0 saturated heterocycles. The summed E-state index contributed by atoms with van der Waals surface area (Å²) in [5, 5.41) is 0.516. The zero-order valence-electron chi connectivity index (χ0n) is 19.6. The number of halogens is 7. The zero-order chi connectivity index (χ0) is 29.0. The van der Waals surface area contributed by atoms with Crippen LogP contribution < -0.4 is 10.3 Å². The fourth-order valence-corrected chi connectivity index (χ4v) is 4.20. The Bertz CT molecular complexity index is 1500. The Hall–Kier alpha value is -3.55. The first-order chi connectivity index (χ1) is 18.0. The molecular weight excluding hydrogens is 574 g/mol. The van der Waals surface area contributed by atoms with Crippen LogP contribution in [0.5, 0.6) is 0 Å². The van der Waals surface area contributed by atoms with E-state index >= 15 is 0 Å². The monoisotopic (exact) mass is 592 g/mol. The molecule has 6 nitrogen and oxygen atoms in total. The number of rotatable bonds is 5. The molecular formula is C25H19ClF6N2O4S. The van der Waals surface area contributed by atoms with E-state index in [-0.39, 0.29) is 17.8 Å². The Kier molecular flexibility index (Phi) is 8.98. The second-order valence-electron chi connectivity index (χ2n) is 8.09. The van der Waals surface area contributed by atoms with Gasteiger partial charge in [0.25, 0.3) is 11.6 Å². The predicted molar refractivity (Wildman–Crippen MR) is 129 cm³/mol. The summed E-state index contributed by atoms with van der Waals surface area (Å²) in [4.78, 5) is 0. The van der Waals surface area contributed by atoms with Gasteiger partial charge in [-0.05, 0) is 42.0 Å². The molecule has 0 spiro atoms. The third kappa shape index (κ3) is 8.47. The standard InChI is InChI=1S/C18H13F6N2O.C7H7ClO3S/c19-17(20,21)13-8-6-12(7-9-13)14-15(25)27-16(18(22,23)24)26(14)10-11-4-2-1-3-5-11;8-7-3-1-6(2-4-7)5-12(9,10)11/h1-9H,10,25H2;1-4H,5H2,(H,9,10,11)/q+1;/p-1. The molecule has 4 aromatic rings. The van der Waals surface area contributed by atoms with Gasteiger partial charge in [0.2, 0.25) is 0 Å². The van der Waals surface area contributed by atoms with Crippen molar-refractivity contribution >= 4 is 27.6 Å². The Labute approximate surface area is 224 Å². The molecule has 2 N–H and O–H groups in total. The highest BCUT2D eigenvalue weighted by Crippen LogP contribution is 2.35. The molecule has 0 saturated carbocycles. The molecule has 0 amide bonds. The maximum absolute atomic E-state index is 13.4. The lowest BCUT2D eigenvalue weighted by Gasteiger charge is -2.07. The first kappa shape index (κ1) is 30.0. The van der Waals surface area contributed by atoms with Gasteiger partial charge in [0.05, 0.1) is 27.0 Å². The van der Waals surface area contributed by atoms with Crippen LogP contribution in [0.3, 0.4) is 0 Å². The number of anilines is 1. The first-order valence-corrected chi connectivity index (χ1v) is 12.8. The summed E-state index contributed by atoms with van der Waals surface area (Å²) in [7, 11) is -4.18. The quantitative estimate of drug-likeness (QED) is 0.167. The fourth-order valence-electron chi connectivity index (χ4n) is 3.47. The Morgan fingerprint density at radius 3 is 1.87 bits per heavy atom. The van der Waals surface area contributed by atoms with Gasteiger partial charge in [-0.3, -0.25) is 0 Å². The van der Waals surface area contributed by atoms with Gasteiger partial charge in [0.1, 0.15) is 0 Å². The van der Waals surface area contributed by atoms with Crippen molar-refractivity contribution in [3.63, 3.8) is 0 Å². The van der Waals surface area contributed by atoms with Gasteiger partial charge in [0, 0.05) is 10.6 Å². The number of nitrogen functional groups attached to an aromatic ring is 1. The predicted octanol–water partition coefficient (Wildman–Crippen LogP) is 6.29. The topological polar surface area (TPSA) is 100 Å². The zero-order valence-corrected chi connectivity index (χ0v) is 21.2. The van der Waals surface area contributed by atoms with Crippen LogP contribution >= 0.6 is 11.6 Å². The van der Waals surface area contributed by atoms with Gasteiger partial charge in [-0.15, -0.1) is 4.57 Å². The second kappa shape index (κ2) is 11.7. The first-order valence-electron chi connectivity index (χ1n) is 10.8. The number of nitrogens with two attached hydrogens (primary N) is 1. The highest BCUT2D eigenvalue weighted by Gasteiger charge is 2.49. The lowest BCUT2D eigenvalue weighted by Crippen LogP contribution is -2.42. The number of oxazole rings is 1. The van der Waals surface area contributed by atoms with Crippen LogP contribution in [0.2, 0.25) is 5.02 Å². The van der Waals surface area contributed by atoms with Crippen LogP contribution in [-0.4, -0.2) is 13.0 Å². The molecule has 208 valence electrons. The van der Waals surface area contributed by atoms with Crippen molar-refractivity contribution in [2.75, 3.05) is 5.73 Å². The van der Waals surface area contributed by atoms with E-state index in [1.807, 2.05) is 0 Å². The van der Waals surface area contributed by atoms with Gasteiger partial charge in [-0.1, -0.05) is 54.1 Å². The summed E-state index contributed by atoms with van der Waals surface area (Å²) in [5.74, 6) is -2.35. The minimum atomic E-state index is -4.83. The van der Waals surface area contributed by atoms with E-state index in [9.17, 15) is 39.3 Å². The van der Waals surface area contributed by atoms with Crippen molar-refractivity contribution in [1.29, 1.82) is 0 Å². The summed E-state index contributed by atoms with van der Waals surface area (Å²) in [6.45, 7) is -0.216. The molecule has 0 atom stereocenters. The van der Waals surface area contributed by atoms with Crippen LogP contribution in [0.4, 0.5) is 32.2 Å². The normalized spacial score (nSPS) is 12.1. The molecule has 0 aliphatic heterocycles. The van der Waals surface area contributed by atoms with Gasteiger partial charge in [-0.25, -0.2) is 8.42 Å². The SMILES string of the molecule is Nc1oc(C(F)(F)F)[n+](Cc2ccccc2)c1-c1ccc(C(F)(F)F)cc1.O=S(=O)([O-])Cc1ccc(Cl)cc1. The van der Waals surface area contributed by atoms with Gasteiger partial charge in [0.15, 0.2) is 6.54 Å². The Morgan fingerprint density at radius 2 is 1.38 bits per heavy atom. The molecule has 1 aromatic heterocycles. The largest absolute Gasteiger partial charge is 0.748 e. The molecule has 0 bridgehead atoms. The summed E-state index contributed by atoms with van der Waals surface area (Å²) in [6, 6.07) is 18.1. The van der Waals surface area contributed by atoms with E-state index in [4.69, 9.17) is 21.8 Å². The highest BCUT2D eigenvalue weighted by atomic mass is 35.5. The number of alkyl halides is 6. The molecule has 1 heterocycles. The second-order valence-corrected chi connectivity index (χ2v) is 9.93. The molecule has 39 heavy (non-hydrogen) atoms. The lowest BCUT2D eigenvalue weighted by molar-refractivity contribution is -0.701. The van der Waals surface area contributed by atoms with E-state index in [1.54, 1.807) is 42.5 Å². The van der Waals surface area contributed by atoms with Crippen molar-refractivity contribution in [3.05, 3.63) is 106 Å². The summed E-state index contributed by atoms with van der Waals surface area (Å²) in [5.41, 5.74) is 5.66. The minimum absolute atomic E-state index is 0.0793. The molecule has 0 aliphatic rings. The third-order valence-corrected chi connectivity index (χ3v) is 6.06. The van der Waals surface area contributed by atoms with Crippen LogP contribution in [-0.2, 0) is 34.8 Å². The molecule has 3 aromatic carbocycles. The number of aromatic nitrogens is 1. The van der Waals surface area contributed by atoms with Crippen molar-refractivity contribution in [2.24, 2.45) is 0 Å². The molecule has 4 rings (SSSR count). The smallest absolute Gasteiger partial charge is 0.517 e. The van der Waals surface area contributed by atoms with Gasteiger partial charge in [-0.2, -0.15) is 26.3 Å². The van der Waals surface area contributed by atoms with Crippen molar-refractivity contribution in [3.8, 4) is 11.3 Å². The molecule has 0 aliphatic carbocycles. The van der Waals surface area contributed by atoms with Crippen LogP contribution in [0.1, 0.15) is 22.6 Å². The van der Waals surface area contributed by atoms with E-state index in [2.05, 4.69) is 0 Å². The highest BCUT2D eigenvalue weighted by molar-refractivity contribution is 7.84. The van der Waals surface area contributed by atoms with Crippen molar-refractivity contribution in [2.45, 2.75) is 24.7 Å². The maximum Gasteiger partial charge on any atom is 0.517 e. The number of hydrogen-bond acceptors (Lipinski definition) is 5. The van der Waals surface area contributed by atoms with Crippen molar-refractivity contribution < 1.29 is 48.3 Å². The maximum atomic E-state index is 13.4. The minimum Gasteiger partial charge on any atom is -0.748 e.